The second-order valence-corrected chi connectivity index (χ2v) is 29.6. The van der Waals surface area contributed by atoms with E-state index in [2.05, 4.69) is 51.5 Å². The van der Waals surface area contributed by atoms with Crippen molar-refractivity contribution in [1.82, 2.24) is 24.9 Å². The highest BCUT2D eigenvalue weighted by atomic mass is 35.5. The summed E-state index contributed by atoms with van der Waals surface area (Å²) in [5, 5.41) is 44.3. The summed E-state index contributed by atoms with van der Waals surface area (Å²) in [7, 11) is 9.12. The normalized spacial score (nSPS) is 10.7. The molecule has 0 unspecified atom stereocenters. The number of rotatable bonds is 34. The Hall–Kier alpha value is -17.4. The number of ether oxygens (including phenoxy) is 6. The van der Waals surface area contributed by atoms with Gasteiger partial charge >= 0.3 is 0 Å². The molecule has 5 heterocycles. The topological polar surface area (TPSA) is 378 Å². The minimum atomic E-state index is -0.221. The number of para-hydroxylation sites is 2. The molecule has 12 N–H and O–H groups in total. The number of aliphatic hydroxyl groups is 3. The second-order valence-electron chi connectivity index (χ2n) is 29.2. The van der Waals surface area contributed by atoms with Crippen LogP contribution in [0.15, 0.2) is 353 Å². The van der Waals surface area contributed by atoms with E-state index in [9.17, 15) is 29.1 Å². The summed E-state index contributed by atoms with van der Waals surface area (Å²) < 4.78 is 31.5. The molecular formula is C109H99ClN12O14. The number of aliphatic hydroxyl groups excluding tert-OH is 3. The Morgan fingerprint density at radius 3 is 0.860 bits per heavy atom. The van der Waals surface area contributed by atoms with Gasteiger partial charge in [-0.3, -0.25) is 24.0 Å². The van der Waals surface area contributed by atoms with Gasteiger partial charge in [0.1, 0.15) is 34.8 Å². The summed E-state index contributed by atoms with van der Waals surface area (Å²) in [6.07, 6.45) is 24.6. The number of anilines is 12. The van der Waals surface area contributed by atoms with Crippen molar-refractivity contribution in [2.24, 2.45) is 0 Å². The number of hydrogen-bond donors (Lipinski definition) is 10. The summed E-state index contributed by atoms with van der Waals surface area (Å²) in [5.74, 6) is 5.39. The minimum Gasteiger partial charge on any atom is -0.495 e. The highest BCUT2D eigenvalue weighted by Crippen LogP contribution is 2.39. The van der Waals surface area contributed by atoms with Gasteiger partial charge in [0, 0.05) is 126 Å². The molecule has 0 saturated carbocycles. The fraction of sp³-hybridized carbons (Fsp3) is 0.0826. The molecule has 686 valence electrons. The maximum atomic E-state index is 12.8. The largest absolute Gasteiger partial charge is 0.495 e. The van der Waals surface area contributed by atoms with Crippen molar-refractivity contribution in [3.63, 3.8) is 0 Å². The number of nitrogens with two attached hydrogens (primary N) is 2. The van der Waals surface area contributed by atoms with E-state index >= 15 is 0 Å². The number of pyridine rings is 5. The molecule has 0 spiro atoms. The molecule has 136 heavy (non-hydrogen) atoms. The number of benzene rings is 10. The van der Waals surface area contributed by atoms with Crippen LogP contribution < -0.4 is 66.5 Å². The monoisotopic (exact) mass is 1830 g/mol. The molecule has 0 fully saturated rings. The van der Waals surface area contributed by atoms with Gasteiger partial charge in [-0.05, 0) is 296 Å². The maximum Gasteiger partial charge on any atom is 0.203 e. The number of carbonyl (C=O) groups is 5. The fourth-order valence-corrected chi connectivity index (χ4v) is 12.9. The van der Waals surface area contributed by atoms with Crippen LogP contribution in [-0.4, -0.2) is 112 Å². The third-order valence-corrected chi connectivity index (χ3v) is 20.2. The maximum absolute atomic E-state index is 12.8. The van der Waals surface area contributed by atoms with Crippen molar-refractivity contribution in [2.45, 2.75) is 19.8 Å². The second kappa shape index (κ2) is 51.8. The molecule has 0 aliphatic carbocycles. The zero-order chi connectivity index (χ0) is 96.3. The van der Waals surface area contributed by atoms with E-state index in [0.717, 1.165) is 72.9 Å². The molecule has 0 saturated heterocycles. The summed E-state index contributed by atoms with van der Waals surface area (Å²) in [6, 6.07) is 87.1. The summed E-state index contributed by atoms with van der Waals surface area (Å²) in [5.41, 5.74) is 25.9. The molecule has 0 aliphatic heterocycles. The zero-order valence-corrected chi connectivity index (χ0v) is 75.9. The minimum absolute atomic E-state index is 0.00386. The highest BCUT2D eigenvalue weighted by Gasteiger charge is 2.18. The predicted molar refractivity (Wildman–Crippen MR) is 540 cm³/mol. The van der Waals surface area contributed by atoms with Crippen LogP contribution in [0.2, 0.25) is 5.02 Å². The van der Waals surface area contributed by atoms with Crippen LogP contribution in [0.25, 0.3) is 30.4 Å². The van der Waals surface area contributed by atoms with Gasteiger partial charge in [-0.15, -0.1) is 0 Å². The van der Waals surface area contributed by atoms with Gasteiger partial charge in [0.05, 0.1) is 68.2 Å². The lowest BCUT2D eigenvalue weighted by molar-refractivity contribution is 0.103. The first-order chi connectivity index (χ1) is 66.3. The predicted octanol–water partition coefficient (Wildman–Crippen LogP) is 22.0. The standard InChI is InChI=1S/C24H24N2O5.C23H22N2O4.C22H21N3O3.C20H15ClN2O.C20H17N3O/c1-29-21-13-18(14-22(30-2)23(21)31-3)20(28)11-8-17-5-4-12-25-24(17)26-19-9-6-16(15-27)7-10-19;1-28-21-12-8-18(14-22(21)29-2)20(27)11-7-17-4-3-13-24-23(17)25-19-9-5-16(15-26)6-10-19;1-28-21-11-7-17(13-19(21)23)20(27)10-6-16-3-2-12-24-22(16)25-18-8-4-15(14-26)5-9-18;2*21-17-11-8-15(9-12-17)19(24)13-10-16-5-4-14-22-20(16)23-18-6-2-1-3-7-18/h4-14,27H,15H2,1-3H3,(H,25,26);3-14,26H,15H2,1-2H3,(H,24,25);2-13,26H,14,23H2,1H3,(H,24,25);1-14H,(H,22,23);1-14H,21H2,(H,22,23)/b11-8+;11-7+;10-6+;2*13-10+. The van der Waals surface area contributed by atoms with Crippen molar-refractivity contribution < 1.29 is 67.7 Å². The van der Waals surface area contributed by atoms with Crippen molar-refractivity contribution in [3.05, 3.63) is 430 Å². The third-order valence-electron chi connectivity index (χ3n) is 20.0. The van der Waals surface area contributed by atoms with Crippen molar-refractivity contribution in [3.8, 4) is 34.5 Å². The van der Waals surface area contributed by atoms with Gasteiger partial charge in [0.15, 0.2) is 51.9 Å². The summed E-state index contributed by atoms with van der Waals surface area (Å²) >= 11 is 5.84. The number of ketones is 5. The van der Waals surface area contributed by atoms with Crippen LogP contribution >= 0.6 is 11.6 Å². The summed E-state index contributed by atoms with van der Waals surface area (Å²) in [4.78, 5) is 84.0. The number of aromatic nitrogens is 5. The van der Waals surface area contributed by atoms with E-state index in [0.29, 0.717) is 108 Å². The first kappa shape index (κ1) is 99.1. The van der Waals surface area contributed by atoms with Crippen LogP contribution in [0.5, 0.6) is 34.5 Å². The van der Waals surface area contributed by atoms with E-state index in [4.69, 9.17) is 61.7 Å². The van der Waals surface area contributed by atoms with E-state index in [1.54, 1.807) is 190 Å². The van der Waals surface area contributed by atoms with E-state index < -0.39 is 0 Å². The Kier molecular flexibility index (Phi) is 37.8. The number of hydrogen-bond acceptors (Lipinski definition) is 26. The third kappa shape index (κ3) is 29.8. The van der Waals surface area contributed by atoms with Crippen molar-refractivity contribution in [2.75, 3.05) is 80.7 Å². The van der Waals surface area contributed by atoms with Crippen molar-refractivity contribution >= 4 is 140 Å². The Labute approximate surface area is 792 Å². The Balaban J connectivity index is 0.000000164. The number of nitrogen functional groups attached to an aromatic ring is 2. The molecule has 0 radical (unpaired) electrons. The van der Waals surface area contributed by atoms with Gasteiger partial charge in [0.25, 0.3) is 0 Å². The first-order valence-corrected chi connectivity index (χ1v) is 42.6. The lowest BCUT2D eigenvalue weighted by atomic mass is 10.1. The Morgan fingerprint density at radius 2 is 0.559 bits per heavy atom. The van der Waals surface area contributed by atoms with Crippen LogP contribution in [0, 0.1) is 0 Å². The molecule has 0 bridgehead atoms. The van der Waals surface area contributed by atoms with Gasteiger partial charge in [-0.2, -0.15) is 0 Å². The number of halogens is 1. The zero-order valence-electron chi connectivity index (χ0n) is 75.1. The molecule has 27 heteroatoms. The number of nitrogens with one attached hydrogen (secondary N) is 5. The molecule has 15 aromatic rings. The number of carbonyl (C=O) groups excluding carboxylic acids is 5. The Morgan fingerprint density at radius 1 is 0.287 bits per heavy atom. The lowest BCUT2D eigenvalue weighted by Gasteiger charge is -2.13. The average molecular weight is 1840 g/mol. The van der Waals surface area contributed by atoms with Gasteiger partial charge in [-0.1, -0.05) is 84.4 Å². The fourth-order valence-electron chi connectivity index (χ4n) is 12.8. The first-order valence-electron chi connectivity index (χ1n) is 42.3. The Bertz CT molecular complexity index is 6500. The van der Waals surface area contributed by atoms with E-state index in [1.807, 2.05) is 176 Å². The molecule has 0 atom stereocenters. The molecule has 5 aromatic heterocycles. The van der Waals surface area contributed by atoms with Crippen LogP contribution in [-0.2, 0) is 19.8 Å². The molecule has 0 aliphatic rings. The number of allylic oxidation sites excluding steroid dienone is 5. The quantitative estimate of drug-likeness (QED) is 0.0102. The van der Waals surface area contributed by atoms with Gasteiger partial charge in [-0.25, -0.2) is 24.9 Å². The smallest absolute Gasteiger partial charge is 0.203 e. The highest BCUT2D eigenvalue weighted by molar-refractivity contribution is 6.30. The van der Waals surface area contributed by atoms with Crippen LogP contribution in [0.4, 0.5) is 68.9 Å². The number of nitrogens with zero attached hydrogens (tertiary/aromatic N) is 5. The molecule has 0 amide bonds. The van der Waals surface area contributed by atoms with E-state index in [-0.39, 0.29) is 48.7 Å². The van der Waals surface area contributed by atoms with E-state index in [1.165, 1.54) is 59.9 Å². The lowest BCUT2D eigenvalue weighted by Crippen LogP contribution is -2.01. The van der Waals surface area contributed by atoms with Gasteiger partial charge < -0.3 is 81.8 Å². The average Bonchev–Trinajstić information content (AvgIpc) is 0.718. The van der Waals surface area contributed by atoms with Crippen LogP contribution in [0.3, 0.4) is 0 Å². The number of methoxy groups -OCH3 is 6. The summed E-state index contributed by atoms with van der Waals surface area (Å²) in [6.45, 7) is -0.0210. The molecule has 26 nitrogen and oxygen atoms in total. The molecule has 15 rings (SSSR count). The van der Waals surface area contributed by atoms with Gasteiger partial charge in [0.2, 0.25) is 5.75 Å². The molecule has 10 aromatic carbocycles. The van der Waals surface area contributed by atoms with Crippen molar-refractivity contribution in [1.29, 1.82) is 0 Å². The molecular weight excluding hydrogens is 1740 g/mol. The van der Waals surface area contributed by atoms with Crippen LogP contribution in [0.1, 0.15) is 96.3 Å². The SMILES string of the molecule is COc1cc(C(=O)/C=C/c2cccnc2Nc2ccc(CO)cc2)cc(OC)c1OC.COc1ccc(C(=O)/C=C/c2cccnc2Nc2ccc(CO)cc2)cc1N.COc1ccc(C(=O)/C=C/c2cccnc2Nc2ccc(CO)cc2)cc1OC.Nc1ccc(C(=O)/C=C/c2cccnc2Nc2ccccc2)cc1.O=C(/C=C/c1cccnc1Nc1ccccc1)c1ccc(Cl)cc1.